The molecule has 0 unspecified atom stereocenters. The van der Waals surface area contributed by atoms with Gasteiger partial charge in [0.2, 0.25) is 0 Å². The van der Waals surface area contributed by atoms with Crippen LogP contribution in [0.2, 0.25) is 0 Å². The third-order valence-corrected chi connectivity index (χ3v) is 3.98. The van der Waals surface area contributed by atoms with Gasteiger partial charge in [0.1, 0.15) is 0 Å². The van der Waals surface area contributed by atoms with Crippen LogP contribution in [0.1, 0.15) is 30.5 Å². The quantitative estimate of drug-likeness (QED) is 0.659. The lowest BCUT2D eigenvalue weighted by atomic mass is 10.1. The number of allylic oxidation sites excluding steroid dienone is 2. The number of aryl methyl sites for hydroxylation is 1. The molecule has 0 bridgehead atoms. The van der Waals surface area contributed by atoms with Gasteiger partial charge >= 0.3 is 0 Å². The predicted octanol–water partition coefficient (Wildman–Crippen LogP) is 5.14. The first-order valence-corrected chi connectivity index (χ1v) is 8.44. The molecule has 124 valence electrons. The minimum Gasteiger partial charge on any atom is -0.372 e. The van der Waals surface area contributed by atoms with Gasteiger partial charge in [-0.15, -0.1) is 0 Å². The molecule has 2 heteroatoms. The van der Waals surface area contributed by atoms with Gasteiger partial charge in [0.15, 0.2) is 5.78 Å². The Balaban J connectivity index is 1.97. The monoisotopic (exact) mass is 319 g/mol. The molecular weight excluding hydrogens is 294 g/mol. The number of benzene rings is 2. The van der Waals surface area contributed by atoms with E-state index in [1.54, 1.807) is 12.2 Å². The van der Waals surface area contributed by atoms with Crippen molar-refractivity contribution >= 4 is 23.6 Å². The minimum absolute atomic E-state index is 0.0107. The summed E-state index contributed by atoms with van der Waals surface area (Å²) in [4.78, 5) is 14.2. The third-order valence-electron chi connectivity index (χ3n) is 3.98. The summed E-state index contributed by atoms with van der Waals surface area (Å²) in [7, 11) is 0. The molecule has 24 heavy (non-hydrogen) atoms. The molecule has 0 fully saturated rings. The van der Waals surface area contributed by atoms with Crippen molar-refractivity contribution in [1.82, 2.24) is 0 Å². The summed E-state index contributed by atoms with van der Waals surface area (Å²) in [6.45, 7) is 8.33. The first kappa shape index (κ1) is 17.7. The van der Waals surface area contributed by atoms with E-state index in [0.29, 0.717) is 0 Å². The predicted molar refractivity (Wildman–Crippen MR) is 104 cm³/mol. The molecule has 2 aromatic rings. The summed E-state index contributed by atoms with van der Waals surface area (Å²) in [6, 6.07) is 16.4. The molecule has 0 radical (unpaired) electrons. The number of hydrogen-bond acceptors (Lipinski definition) is 2. The first-order valence-electron chi connectivity index (χ1n) is 8.44. The van der Waals surface area contributed by atoms with Crippen LogP contribution in [0.5, 0.6) is 0 Å². The van der Waals surface area contributed by atoms with E-state index in [9.17, 15) is 4.79 Å². The van der Waals surface area contributed by atoms with Crippen molar-refractivity contribution in [2.45, 2.75) is 20.8 Å². The lowest BCUT2D eigenvalue weighted by Crippen LogP contribution is -2.21. The SMILES string of the molecule is CCN(CC)c1ccc(C=CC(=O)C=Cc2ccc(C)cc2)cc1. The van der Waals surface area contributed by atoms with Crippen LogP contribution in [0.25, 0.3) is 12.2 Å². The molecule has 0 aliphatic rings. The number of nitrogens with zero attached hydrogens (tertiary/aromatic N) is 1. The van der Waals surface area contributed by atoms with Gasteiger partial charge in [0, 0.05) is 18.8 Å². The molecule has 0 amide bonds. The highest BCUT2D eigenvalue weighted by Crippen LogP contribution is 2.15. The van der Waals surface area contributed by atoms with Crippen LogP contribution in [0.4, 0.5) is 5.69 Å². The topological polar surface area (TPSA) is 20.3 Å². The molecule has 0 saturated heterocycles. The molecule has 0 heterocycles. The Labute approximate surface area is 145 Å². The van der Waals surface area contributed by atoms with Crippen LogP contribution in [0, 0.1) is 6.92 Å². The van der Waals surface area contributed by atoms with Crippen molar-refractivity contribution in [3.8, 4) is 0 Å². The molecular formula is C22H25NO. The molecule has 2 nitrogen and oxygen atoms in total. The molecule has 0 atom stereocenters. The van der Waals surface area contributed by atoms with Crippen LogP contribution in [-0.2, 0) is 4.79 Å². The van der Waals surface area contributed by atoms with Crippen LogP contribution >= 0.6 is 0 Å². The van der Waals surface area contributed by atoms with Gasteiger partial charge in [-0.3, -0.25) is 4.79 Å². The van der Waals surface area contributed by atoms with Crippen molar-refractivity contribution in [1.29, 1.82) is 0 Å². The van der Waals surface area contributed by atoms with Crippen LogP contribution in [-0.4, -0.2) is 18.9 Å². The van der Waals surface area contributed by atoms with Crippen LogP contribution < -0.4 is 4.90 Å². The highest BCUT2D eigenvalue weighted by molar-refractivity contribution is 6.04. The largest absolute Gasteiger partial charge is 0.372 e. The lowest BCUT2D eigenvalue weighted by molar-refractivity contribution is -0.110. The Hall–Kier alpha value is -2.61. The number of carbonyl (C=O) groups excluding carboxylic acids is 1. The molecule has 0 N–H and O–H groups in total. The Kier molecular flexibility index (Phi) is 6.56. The van der Waals surface area contributed by atoms with Gasteiger partial charge in [-0.05, 0) is 56.2 Å². The average Bonchev–Trinajstić information content (AvgIpc) is 2.61. The van der Waals surface area contributed by atoms with Gasteiger partial charge in [0.05, 0.1) is 0 Å². The summed E-state index contributed by atoms with van der Waals surface area (Å²) in [6.07, 6.45) is 6.91. The molecule has 0 saturated carbocycles. The maximum Gasteiger partial charge on any atom is 0.178 e. The second-order valence-electron chi connectivity index (χ2n) is 5.74. The summed E-state index contributed by atoms with van der Waals surface area (Å²) >= 11 is 0. The van der Waals surface area contributed by atoms with Crippen molar-refractivity contribution < 1.29 is 4.79 Å². The van der Waals surface area contributed by atoms with E-state index < -0.39 is 0 Å². The normalized spacial score (nSPS) is 11.3. The van der Waals surface area contributed by atoms with E-state index in [-0.39, 0.29) is 5.78 Å². The smallest absolute Gasteiger partial charge is 0.178 e. The summed E-state index contributed by atoms with van der Waals surface area (Å²) in [5.74, 6) is -0.0107. The Morgan fingerprint density at radius 1 is 0.833 bits per heavy atom. The second kappa shape index (κ2) is 8.88. The zero-order valence-electron chi connectivity index (χ0n) is 14.7. The zero-order chi connectivity index (χ0) is 17.4. The van der Waals surface area contributed by atoms with Crippen molar-refractivity contribution in [2.24, 2.45) is 0 Å². The van der Waals surface area contributed by atoms with Crippen LogP contribution in [0.15, 0.2) is 60.7 Å². The summed E-state index contributed by atoms with van der Waals surface area (Å²) < 4.78 is 0. The number of ketones is 1. The molecule has 2 rings (SSSR count). The van der Waals surface area contributed by atoms with Gasteiger partial charge in [-0.2, -0.15) is 0 Å². The highest BCUT2D eigenvalue weighted by Gasteiger charge is 2.00. The summed E-state index contributed by atoms with van der Waals surface area (Å²) in [5.41, 5.74) is 4.49. The molecule has 0 aromatic heterocycles. The van der Waals surface area contributed by atoms with E-state index in [1.807, 2.05) is 55.5 Å². The lowest BCUT2D eigenvalue weighted by Gasteiger charge is -2.20. The Bertz CT molecular complexity index is 705. The number of carbonyl (C=O) groups is 1. The van der Waals surface area contributed by atoms with E-state index >= 15 is 0 Å². The maximum atomic E-state index is 11.9. The van der Waals surface area contributed by atoms with Crippen molar-refractivity contribution in [2.75, 3.05) is 18.0 Å². The van der Waals surface area contributed by atoms with E-state index in [2.05, 4.69) is 30.9 Å². The van der Waals surface area contributed by atoms with Gasteiger partial charge < -0.3 is 4.90 Å². The fourth-order valence-electron chi connectivity index (χ4n) is 2.47. The average molecular weight is 319 g/mol. The van der Waals surface area contributed by atoms with E-state index in [4.69, 9.17) is 0 Å². The van der Waals surface area contributed by atoms with Gasteiger partial charge in [0.25, 0.3) is 0 Å². The number of hydrogen-bond donors (Lipinski definition) is 0. The Morgan fingerprint density at radius 2 is 1.29 bits per heavy atom. The molecule has 2 aromatic carbocycles. The fraction of sp³-hybridized carbons (Fsp3) is 0.227. The minimum atomic E-state index is -0.0107. The number of anilines is 1. The van der Waals surface area contributed by atoms with Crippen LogP contribution in [0.3, 0.4) is 0 Å². The third kappa shape index (κ3) is 5.24. The van der Waals surface area contributed by atoms with E-state index in [1.165, 1.54) is 11.3 Å². The fourth-order valence-corrected chi connectivity index (χ4v) is 2.47. The first-order chi connectivity index (χ1) is 11.6. The second-order valence-corrected chi connectivity index (χ2v) is 5.74. The van der Waals surface area contributed by atoms with Gasteiger partial charge in [-0.25, -0.2) is 0 Å². The standard InChI is InChI=1S/C22H25NO/c1-4-23(5-2)21-14-10-20(11-15-21)13-17-22(24)16-12-19-8-6-18(3)7-9-19/h6-17H,4-5H2,1-3H3. The van der Waals surface area contributed by atoms with E-state index in [0.717, 1.165) is 24.2 Å². The molecule has 0 aliphatic carbocycles. The van der Waals surface area contributed by atoms with Crippen molar-refractivity contribution in [3.05, 3.63) is 77.4 Å². The molecule has 0 aliphatic heterocycles. The van der Waals surface area contributed by atoms with Crippen molar-refractivity contribution in [3.63, 3.8) is 0 Å². The van der Waals surface area contributed by atoms with Gasteiger partial charge in [-0.1, -0.05) is 54.1 Å². The zero-order valence-corrected chi connectivity index (χ0v) is 14.7. The molecule has 0 spiro atoms. The summed E-state index contributed by atoms with van der Waals surface area (Å²) in [5, 5.41) is 0. The maximum absolute atomic E-state index is 11.9. The number of rotatable bonds is 7. The Morgan fingerprint density at radius 3 is 1.75 bits per heavy atom. The highest BCUT2D eigenvalue weighted by atomic mass is 16.1.